The van der Waals surface area contributed by atoms with Crippen molar-refractivity contribution >= 4 is 11.9 Å². The average molecular weight is 251 g/mol. The van der Waals surface area contributed by atoms with Crippen LogP contribution in [0.1, 0.15) is 38.5 Å². The first-order valence-electron chi connectivity index (χ1n) is 6.75. The summed E-state index contributed by atoms with van der Waals surface area (Å²) in [6.07, 6.45) is 7.87. The lowest BCUT2D eigenvalue weighted by Crippen LogP contribution is -2.43. The van der Waals surface area contributed by atoms with Crippen LogP contribution in [0, 0.1) is 5.92 Å². The molecule has 1 aliphatic carbocycles. The van der Waals surface area contributed by atoms with Crippen molar-refractivity contribution in [1.82, 2.24) is 16.0 Å². The molecule has 0 aromatic rings. The molecular weight excluding hydrogens is 230 g/mol. The predicted molar refractivity (Wildman–Crippen MR) is 68.8 cm³/mol. The topological polar surface area (TPSA) is 70.2 Å². The van der Waals surface area contributed by atoms with Gasteiger partial charge in [0, 0.05) is 12.1 Å². The maximum absolute atomic E-state index is 11.8. The lowest BCUT2D eigenvalue weighted by atomic mass is 9.97. The van der Waals surface area contributed by atoms with Gasteiger partial charge >= 0.3 is 6.03 Å². The van der Waals surface area contributed by atoms with E-state index in [0.717, 1.165) is 38.8 Å². The average Bonchev–Trinajstić information content (AvgIpc) is 2.90. The van der Waals surface area contributed by atoms with Crippen molar-refractivity contribution < 1.29 is 9.59 Å². The first-order valence-corrected chi connectivity index (χ1v) is 6.75. The van der Waals surface area contributed by atoms with Crippen molar-refractivity contribution in [3.8, 4) is 0 Å². The van der Waals surface area contributed by atoms with Crippen LogP contribution in [0.3, 0.4) is 0 Å². The van der Waals surface area contributed by atoms with Crippen LogP contribution in [-0.4, -0.2) is 25.0 Å². The van der Waals surface area contributed by atoms with Gasteiger partial charge in [-0.25, -0.2) is 4.79 Å². The molecular formula is C13H21N3O2. The molecule has 5 nitrogen and oxygen atoms in total. The Morgan fingerprint density at radius 1 is 1.17 bits per heavy atom. The number of imide groups is 1. The van der Waals surface area contributed by atoms with Crippen LogP contribution in [0.4, 0.5) is 4.79 Å². The number of hydrogen-bond acceptors (Lipinski definition) is 3. The summed E-state index contributed by atoms with van der Waals surface area (Å²) in [5.74, 6) is -0.185. The lowest BCUT2D eigenvalue weighted by molar-refractivity contribution is -0.124. The van der Waals surface area contributed by atoms with Crippen LogP contribution >= 0.6 is 0 Å². The molecule has 18 heavy (non-hydrogen) atoms. The van der Waals surface area contributed by atoms with Crippen LogP contribution in [-0.2, 0) is 4.79 Å². The van der Waals surface area contributed by atoms with Crippen LogP contribution in [0.5, 0.6) is 0 Å². The van der Waals surface area contributed by atoms with E-state index in [0.29, 0.717) is 0 Å². The quantitative estimate of drug-likeness (QED) is 0.692. The molecule has 3 amide bonds. The SMILES string of the molecule is O=C(NC=C1CCCC1)NC(=O)C1CCNCC1. The van der Waals surface area contributed by atoms with Gasteiger partial charge in [0.1, 0.15) is 0 Å². The van der Waals surface area contributed by atoms with E-state index in [4.69, 9.17) is 0 Å². The Balaban J connectivity index is 1.72. The van der Waals surface area contributed by atoms with Gasteiger partial charge in [-0.3, -0.25) is 10.1 Å². The van der Waals surface area contributed by atoms with E-state index in [1.807, 2.05) is 0 Å². The number of carbonyl (C=O) groups is 2. The molecule has 0 aromatic carbocycles. The number of carbonyl (C=O) groups excluding carboxylic acids is 2. The fraction of sp³-hybridized carbons (Fsp3) is 0.692. The van der Waals surface area contributed by atoms with Crippen LogP contribution in [0.15, 0.2) is 11.8 Å². The van der Waals surface area contributed by atoms with Crippen molar-refractivity contribution in [3.63, 3.8) is 0 Å². The number of rotatable bonds is 2. The number of nitrogens with one attached hydrogen (secondary N) is 3. The highest BCUT2D eigenvalue weighted by Crippen LogP contribution is 2.22. The van der Waals surface area contributed by atoms with Crippen molar-refractivity contribution in [2.45, 2.75) is 38.5 Å². The molecule has 1 heterocycles. The molecule has 0 aromatic heterocycles. The summed E-state index contributed by atoms with van der Waals surface area (Å²) in [6.45, 7) is 1.70. The second-order valence-corrected chi connectivity index (χ2v) is 5.00. The molecule has 1 saturated heterocycles. The molecule has 1 saturated carbocycles. The molecule has 0 bridgehead atoms. The third kappa shape index (κ3) is 3.84. The first kappa shape index (κ1) is 13.1. The first-order chi connectivity index (χ1) is 8.75. The van der Waals surface area contributed by atoms with E-state index < -0.39 is 6.03 Å². The summed E-state index contributed by atoms with van der Waals surface area (Å²) < 4.78 is 0. The standard InChI is InChI=1S/C13H21N3O2/c17-12(11-5-7-14-8-6-11)16-13(18)15-9-10-3-1-2-4-10/h9,11,14H,1-8H2,(H2,15,16,17,18). The Morgan fingerprint density at radius 3 is 2.50 bits per heavy atom. The van der Waals surface area contributed by atoms with Gasteiger partial charge < -0.3 is 10.6 Å². The Morgan fingerprint density at radius 2 is 1.83 bits per heavy atom. The summed E-state index contributed by atoms with van der Waals surface area (Å²) in [5.41, 5.74) is 1.26. The van der Waals surface area contributed by atoms with E-state index in [2.05, 4.69) is 16.0 Å². The van der Waals surface area contributed by atoms with Gasteiger partial charge in [0.25, 0.3) is 0 Å². The largest absolute Gasteiger partial charge is 0.325 e. The van der Waals surface area contributed by atoms with Crippen molar-refractivity contribution in [2.24, 2.45) is 5.92 Å². The summed E-state index contributed by atoms with van der Waals surface area (Å²) in [7, 11) is 0. The molecule has 2 aliphatic rings. The Bertz CT molecular complexity index is 338. The highest BCUT2D eigenvalue weighted by atomic mass is 16.2. The van der Waals surface area contributed by atoms with Crippen molar-refractivity contribution in [3.05, 3.63) is 11.8 Å². The fourth-order valence-electron chi connectivity index (χ4n) is 2.48. The van der Waals surface area contributed by atoms with E-state index in [1.54, 1.807) is 6.20 Å². The van der Waals surface area contributed by atoms with Gasteiger partial charge in [-0.1, -0.05) is 5.57 Å². The van der Waals surface area contributed by atoms with Crippen molar-refractivity contribution in [2.75, 3.05) is 13.1 Å². The van der Waals surface area contributed by atoms with Gasteiger partial charge in [0.15, 0.2) is 0 Å². The number of piperidine rings is 1. The minimum Gasteiger partial charge on any atom is -0.317 e. The smallest absolute Gasteiger partial charge is 0.317 e. The number of hydrogen-bond donors (Lipinski definition) is 3. The van der Waals surface area contributed by atoms with Gasteiger partial charge in [-0.2, -0.15) is 0 Å². The lowest BCUT2D eigenvalue weighted by Gasteiger charge is -2.21. The number of urea groups is 1. The van der Waals surface area contributed by atoms with Crippen LogP contribution in [0.25, 0.3) is 0 Å². The Hall–Kier alpha value is -1.36. The molecule has 100 valence electrons. The summed E-state index contributed by atoms with van der Waals surface area (Å²) in [4.78, 5) is 23.3. The number of allylic oxidation sites excluding steroid dienone is 1. The molecule has 0 atom stereocenters. The molecule has 0 spiro atoms. The van der Waals surface area contributed by atoms with Crippen LogP contribution < -0.4 is 16.0 Å². The summed E-state index contributed by atoms with van der Waals surface area (Å²) >= 11 is 0. The third-order valence-corrected chi connectivity index (χ3v) is 3.60. The number of amides is 3. The van der Waals surface area contributed by atoms with E-state index in [9.17, 15) is 9.59 Å². The molecule has 5 heteroatoms. The zero-order valence-electron chi connectivity index (χ0n) is 10.6. The second kappa shape index (κ2) is 6.54. The van der Waals surface area contributed by atoms with Gasteiger partial charge in [-0.05, 0) is 51.6 Å². The Kier molecular flexibility index (Phi) is 4.75. The zero-order chi connectivity index (χ0) is 12.8. The third-order valence-electron chi connectivity index (χ3n) is 3.60. The maximum Gasteiger partial charge on any atom is 0.325 e. The summed E-state index contributed by atoms with van der Waals surface area (Å²) in [5, 5.41) is 8.25. The highest BCUT2D eigenvalue weighted by Gasteiger charge is 2.22. The fourth-order valence-corrected chi connectivity index (χ4v) is 2.48. The van der Waals surface area contributed by atoms with Gasteiger partial charge in [0.05, 0.1) is 0 Å². The van der Waals surface area contributed by atoms with E-state index in [-0.39, 0.29) is 11.8 Å². The zero-order valence-corrected chi connectivity index (χ0v) is 10.6. The molecule has 0 unspecified atom stereocenters. The molecule has 0 radical (unpaired) electrons. The van der Waals surface area contributed by atoms with Gasteiger partial charge in [-0.15, -0.1) is 0 Å². The predicted octanol–water partition coefficient (Wildman–Crippen LogP) is 1.27. The molecule has 1 aliphatic heterocycles. The normalized spacial score (nSPS) is 20.6. The summed E-state index contributed by atoms with van der Waals surface area (Å²) in [6, 6.07) is -0.405. The molecule has 2 rings (SSSR count). The monoisotopic (exact) mass is 251 g/mol. The van der Waals surface area contributed by atoms with Crippen molar-refractivity contribution in [1.29, 1.82) is 0 Å². The highest BCUT2D eigenvalue weighted by molar-refractivity contribution is 5.95. The minimum absolute atomic E-state index is 0.0314. The van der Waals surface area contributed by atoms with E-state index in [1.165, 1.54) is 18.4 Å². The molecule has 2 fully saturated rings. The Labute approximate surface area is 107 Å². The second-order valence-electron chi connectivity index (χ2n) is 5.00. The van der Waals surface area contributed by atoms with Crippen LogP contribution in [0.2, 0.25) is 0 Å². The van der Waals surface area contributed by atoms with E-state index >= 15 is 0 Å². The maximum atomic E-state index is 11.8. The molecule has 3 N–H and O–H groups in total. The van der Waals surface area contributed by atoms with Gasteiger partial charge in [0.2, 0.25) is 5.91 Å². The minimum atomic E-state index is -0.405.